The Morgan fingerprint density at radius 1 is 1.12 bits per heavy atom. The summed E-state index contributed by atoms with van der Waals surface area (Å²) in [6.45, 7) is 1.88. The van der Waals surface area contributed by atoms with Gasteiger partial charge in [0, 0.05) is 19.8 Å². The van der Waals surface area contributed by atoms with Crippen LogP contribution in [0.5, 0.6) is 0 Å². The monoisotopic (exact) mass is 374 g/mol. The molecule has 6 nitrogen and oxygen atoms in total. The lowest BCUT2D eigenvalue weighted by atomic mass is 10.2. The van der Waals surface area contributed by atoms with Gasteiger partial charge in [-0.1, -0.05) is 35.3 Å². The largest absolute Gasteiger partial charge is 0.367 e. The van der Waals surface area contributed by atoms with Crippen molar-refractivity contribution in [1.29, 1.82) is 0 Å². The van der Waals surface area contributed by atoms with Gasteiger partial charge in [-0.3, -0.25) is 4.79 Å². The lowest BCUT2D eigenvalue weighted by molar-refractivity contribution is -0.584. The van der Waals surface area contributed by atoms with Crippen LogP contribution in [0.3, 0.4) is 0 Å². The predicted molar refractivity (Wildman–Crippen MR) is 96.3 cm³/mol. The highest BCUT2D eigenvalue weighted by Gasteiger charge is 2.21. The number of rotatable bonds is 3. The molecule has 0 saturated carbocycles. The van der Waals surface area contributed by atoms with Gasteiger partial charge in [-0.15, -0.1) is 4.52 Å². The fraction of sp³-hybridized carbons (Fsp3) is 0.176. The van der Waals surface area contributed by atoms with E-state index < -0.39 is 0 Å². The summed E-state index contributed by atoms with van der Waals surface area (Å²) in [5.74, 6) is 0.710. The molecular weight excluding hydrogens is 361 g/mol. The zero-order valence-corrected chi connectivity index (χ0v) is 14.8. The first-order valence-electron chi connectivity index (χ1n) is 7.76. The fourth-order valence-corrected chi connectivity index (χ4v) is 3.25. The van der Waals surface area contributed by atoms with Gasteiger partial charge in [0.15, 0.2) is 0 Å². The summed E-state index contributed by atoms with van der Waals surface area (Å²) in [7, 11) is 0. The number of pyridine rings is 1. The number of nitrogens with zero attached hydrogens (tertiary/aromatic N) is 3. The topological polar surface area (TPSA) is 78.5 Å². The number of halogens is 2. The number of nitrogens with one attached hydrogen (secondary N) is 2. The van der Waals surface area contributed by atoms with Crippen molar-refractivity contribution in [3.8, 4) is 0 Å². The molecule has 0 aliphatic rings. The maximum absolute atomic E-state index is 12.2. The van der Waals surface area contributed by atoms with Crippen LogP contribution in [0, 0.1) is 6.92 Å². The first-order valence-corrected chi connectivity index (χ1v) is 8.52. The van der Waals surface area contributed by atoms with E-state index in [1.807, 2.05) is 31.2 Å². The second kappa shape index (κ2) is 6.13. The zero-order chi connectivity index (χ0) is 17.6. The second-order valence-corrected chi connectivity index (χ2v) is 6.60. The molecule has 0 bridgehead atoms. The van der Waals surface area contributed by atoms with Crippen LogP contribution in [0.25, 0.3) is 16.7 Å². The fourth-order valence-electron chi connectivity index (χ4n) is 2.76. The summed E-state index contributed by atoms with van der Waals surface area (Å²) in [6, 6.07) is 9.13. The van der Waals surface area contributed by atoms with Crippen LogP contribution in [0.4, 0.5) is 0 Å². The minimum Gasteiger partial charge on any atom is -0.319 e. The van der Waals surface area contributed by atoms with Crippen molar-refractivity contribution >= 4 is 39.9 Å². The van der Waals surface area contributed by atoms with E-state index in [4.69, 9.17) is 23.2 Å². The van der Waals surface area contributed by atoms with E-state index in [0.717, 1.165) is 16.7 Å². The zero-order valence-electron chi connectivity index (χ0n) is 13.3. The normalized spacial score (nSPS) is 11.5. The number of fused-ring (bicyclic) bond motifs is 2. The van der Waals surface area contributed by atoms with Crippen molar-refractivity contribution in [3.63, 3.8) is 0 Å². The summed E-state index contributed by atoms with van der Waals surface area (Å²) >= 11 is 12.3. The van der Waals surface area contributed by atoms with Gasteiger partial charge in [0.05, 0.1) is 16.1 Å². The van der Waals surface area contributed by atoms with E-state index in [2.05, 4.69) is 20.1 Å². The number of aromatic nitrogens is 5. The number of aromatic amines is 2. The molecule has 0 unspecified atom stereocenters. The average molecular weight is 375 g/mol. The molecule has 4 rings (SSSR count). The van der Waals surface area contributed by atoms with E-state index >= 15 is 0 Å². The third-order valence-electron chi connectivity index (χ3n) is 4.11. The lowest BCUT2D eigenvalue weighted by Gasteiger charge is -2.00. The molecule has 0 amide bonds. The molecule has 0 radical (unpaired) electrons. The lowest BCUT2D eigenvalue weighted by Crippen LogP contribution is -2.28. The predicted octanol–water partition coefficient (Wildman–Crippen LogP) is 2.79. The van der Waals surface area contributed by atoms with E-state index in [1.54, 1.807) is 10.6 Å². The molecule has 2 N–H and O–H groups in total. The number of hydrogen-bond acceptors (Lipinski definition) is 3. The summed E-state index contributed by atoms with van der Waals surface area (Å²) < 4.78 is 1.75. The van der Waals surface area contributed by atoms with Gasteiger partial charge in [0.2, 0.25) is 0 Å². The Labute approximate surface area is 152 Å². The van der Waals surface area contributed by atoms with Crippen molar-refractivity contribution in [2.45, 2.75) is 19.8 Å². The molecule has 126 valence electrons. The van der Waals surface area contributed by atoms with Crippen molar-refractivity contribution in [3.05, 3.63) is 67.9 Å². The van der Waals surface area contributed by atoms with Crippen molar-refractivity contribution in [1.82, 2.24) is 20.1 Å². The molecule has 0 saturated heterocycles. The Kier molecular flexibility index (Phi) is 3.94. The molecule has 0 atom stereocenters. The van der Waals surface area contributed by atoms with Gasteiger partial charge in [-0.25, -0.2) is 4.98 Å². The van der Waals surface area contributed by atoms with Gasteiger partial charge in [-0.2, -0.15) is 5.10 Å². The van der Waals surface area contributed by atoms with E-state index in [1.165, 1.54) is 0 Å². The molecule has 0 aliphatic carbocycles. The van der Waals surface area contributed by atoms with Crippen molar-refractivity contribution in [2.24, 2.45) is 0 Å². The Balaban J connectivity index is 1.67. The Morgan fingerprint density at radius 2 is 1.92 bits per heavy atom. The summed E-state index contributed by atoms with van der Waals surface area (Å²) in [6.07, 6.45) is 0.994. The molecule has 3 heterocycles. The Morgan fingerprint density at radius 3 is 2.76 bits per heavy atom. The highest BCUT2D eigenvalue weighted by molar-refractivity contribution is 6.36. The van der Waals surface area contributed by atoms with Crippen LogP contribution in [0.1, 0.15) is 17.2 Å². The summed E-state index contributed by atoms with van der Waals surface area (Å²) in [5.41, 5.74) is 3.22. The molecule has 25 heavy (non-hydrogen) atoms. The number of aryl methyl sites for hydroxylation is 3. The van der Waals surface area contributed by atoms with E-state index in [9.17, 15) is 4.79 Å². The maximum Gasteiger partial charge on any atom is 0.367 e. The van der Waals surface area contributed by atoms with Crippen LogP contribution in [-0.4, -0.2) is 20.1 Å². The molecule has 3 aromatic heterocycles. The number of hydrogen-bond donors (Lipinski definition) is 2. The Hall–Kier alpha value is -2.44. The molecule has 0 spiro atoms. The minimum atomic E-state index is -0.181. The number of benzene rings is 1. The van der Waals surface area contributed by atoms with E-state index in [-0.39, 0.29) is 5.56 Å². The molecule has 0 aliphatic heterocycles. The quantitative estimate of drug-likeness (QED) is 0.541. The highest BCUT2D eigenvalue weighted by atomic mass is 35.5. The minimum absolute atomic E-state index is 0.181. The van der Waals surface area contributed by atoms with Crippen LogP contribution in [0.2, 0.25) is 10.0 Å². The van der Waals surface area contributed by atoms with Gasteiger partial charge >= 0.3 is 5.65 Å². The van der Waals surface area contributed by atoms with Crippen molar-refractivity contribution < 1.29 is 4.52 Å². The Bertz CT molecular complexity index is 1170. The van der Waals surface area contributed by atoms with Gasteiger partial charge in [-0.05, 0) is 23.2 Å². The third kappa shape index (κ3) is 2.88. The molecule has 1 aromatic carbocycles. The first-order chi connectivity index (χ1) is 12.0. The van der Waals surface area contributed by atoms with Gasteiger partial charge in [0.1, 0.15) is 16.4 Å². The van der Waals surface area contributed by atoms with Gasteiger partial charge in [0.25, 0.3) is 11.4 Å². The number of H-pyrrole nitrogens is 2. The standard InChI is InChI=1S/C17H13Cl2N5O/c1-9-10(18)8-11(19)16-22-15(23-24(9)16)7-6-14-17(25)21-13-5-3-2-4-12(13)20-14/h2-5,8H,6-7H2,1H3,(H,21,25)/p+1. The second-order valence-electron chi connectivity index (χ2n) is 5.78. The molecular formula is C17H14Cl2N5O+. The summed E-state index contributed by atoms with van der Waals surface area (Å²) in [4.78, 5) is 24.0. The molecule has 4 aromatic rings. The van der Waals surface area contributed by atoms with Crippen LogP contribution in [-0.2, 0) is 12.8 Å². The SMILES string of the molecule is Cc1c(Cl)cc(Cl)c2nc(CCc3nc4ccccc4[nH]c3=O)[nH][n+]12. The highest BCUT2D eigenvalue weighted by Crippen LogP contribution is 2.20. The van der Waals surface area contributed by atoms with Crippen molar-refractivity contribution in [2.75, 3.05) is 0 Å². The van der Waals surface area contributed by atoms with Crippen LogP contribution in [0.15, 0.2) is 35.1 Å². The first kappa shape index (κ1) is 16.1. The van der Waals surface area contributed by atoms with Crippen LogP contribution >= 0.6 is 23.2 Å². The molecule has 8 heteroatoms. The molecule has 0 fully saturated rings. The van der Waals surface area contributed by atoms with E-state index in [0.29, 0.717) is 40.1 Å². The average Bonchev–Trinajstić information content (AvgIpc) is 3.03. The number of para-hydroxylation sites is 2. The smallest absolute Gasteiger partial charge is 0.319 e. The third-order valence-corrected chi connectivity index (χ3v) is 4.77. The maximum atomic E-state index is 12.2. The van der Waals surface area contributed by atoms with Gasteiger partial charge < -0.3 is 4.98 Å². The van der Waals surface area contributed by atoms with Crippen LogP contribution < -0.4 is 10.1 Å². The summed E-state index contributed by atoms with van der Waals surface area (Å²) in [5, 5.41) is 4.20.